The van der Waals surface area contributed by atoms with Crippen molar-refractivity contribution in [2.24, 2.45) is 5.92 Å². The topological polar surface area (TPSA) is 50.8 Å². The van der Waals surface area contributed by atoms with E-state index in [1.807, 2.05) is 6.92 Å². The predicted molar refractivity (Wildman–Crippen MR) is 79.6 cm³/mol. The minimum atomic E-state index is -0.397. The van der Waals surface area contributed by atoms with Gasteiger partial charge in [0.05, 0.1) is 12.4 Å². The molecule has 1 N–H and O–H groups in total. The minimum absolute atomic E-state index is 0.397. The quantitative estimate of drug-likeness (QED) is 0.549. The van der Waals surface area contributed by atoms with Crippen molar-refractivity contribution >= 4 is 6.09 Å². The third kappa shape index (κ3) is 7.50. The highest BCUT2D eigenvalue weighted by atomic mass is 16.6. The summed E-state index contributed by atoms with van der Waals surface area (Å²) in [6.07, 6.45) is 3.02. The van der Waals surface area contributed by atoms with E-state index in [1.165, 1.54) is 12.8 Å². The van der Waals surface area contributed by atoms with Crippen molar-refractivity contribution in [2.45, 2.75) is 33.1 Å². The molecule has 1 heterocycles. The molecule has 0 aromatic rings. The monoisotopic (exact) mass is 284 g/mol. The fourth-order valence-electron chi connectivity index (χ4n) is 2.41. The van der Waals surface area contributed by atoms with E-state index in [2.05, 4.69) is 16.8 Å². The lowest BCUT2D eigenvalue weighted by Gasteiger charge is -2.31. The summed E-state index contributed by atoms with van der Waals surface area (Å²) in [5.41, 5.74) is 0. The molecule has 1 rings (SSSR count). The first kappa shape index (κ1) is 17.0. The Labute approximate surface area is 122 Å². The number of carbonyl (C=O) groups excluding carboxylic acids is 1. The number of allylic oxidation sites excluding steroid dienone is 1. The highest BCUT2D eigenvalue weighted by Gasteiger charge is 2.18. The van der Waals surface area contributed by atoms with Gasteiger partial charge in [0.25, 0.3) is 0 Å². The number of piperidine rings is 1. The predicted octanol–water partition coefficient (Wildman–Crippen LogP) is 2.38. The largest absolute Gasteiger partial charge is 0.416 e. The van der Waals surface area contributed by atoms with Crippen LogP contribution >= 0.6 is 0 Å². The summed E-state index contributed by atoms with van der Waals surface area (Å²) in [5, 5.41) is 2.76. The summed E-state index contributed by atoms with van der Waals surface area (Å²) in [5.74, 6) is 1.12. The van der Waals surface area contributed by atoms with E-state index in [4.69, 9.17) is 9.47 Å². The lowest BCUT2D eigenvalue weighted by molar-refractivity contribution is 0.0945. The van der Waals surface area contributed by atoms with E-state index in [-0.39, 0.29) is 0 Å². The van der Waals surface area contributed by atoms with Crippen LogP contribution < -0.4 is 5.32 Å². The van der Waals surface area contributed by atoms with Crippen LogP contribution in [0.5, 0.6) is 0 Å². The number of rotatable bonds is 8. The highest BCUT2D eigenvalue weighted by molar-refractivity contribution is 5.68. The van der Waals surface area contributed by atoms with Crippen molar-refractivity contribution in [3.05, 3.63) is 12.3 Å². The Morgan fingerprint density at radius 2 is 2.10 bits per heavy atom. The zero-order chi connectivity index (χ0) is 14.8. The van der Waals surface area contributed by atoms with Gasteiger partial charge in [-0.15, -0.1) is 0 Å². The number of nitrogens with zero attached hydrogens (tertiary/aromatic N) is 1. The van der Waals surface area contributed by atoms with Gasteiger partial charge in [-0.05, 0) is 52.1 Å². The van der Waals surface area contributed by atoms with Crippen LogP contribution in [0.2, 0.25) is 0 Å². The number of alkyl carbamates (subject to hydrolysis) is 1. The van der Waals surface area contributed by atoms with Crippen molar-refractivity contribution in [1.29, 1.82) is 0 Å². The zero-order valence-electron chi connectivity index (χ0n) is 12.8. The number of likely N-dealkylation sites (tertiary alicyclic amines) is 1. The Bertz CT molecular complexity index is 299. The highest BCUT2D eigenvalue weighted by Crippen LogP contribution is 2.19. The molecule has 0 saturated carbocycles. The van der Waals surface area contributed by atoms with Gasteiger partial charge >= 0.3 is 6.09 Å². The fourth-order valence-corrected chi connectivity index (χ4v) is 2.41. The molecule has 0 aromatic carbocycles. The van der Waals surface area contributed by atoms with Crippen molar-refractivity contribution in [2.75, 3.05) is 39.4 Å². The van der Waals surface area contributed by atoms with Gasteiger partial charge in [0.2, 0.25) is 0 Å². The second-order valence-electron chi connectivity index (χ2n) is 5.29. The Balaban J connectivity index is 2.04. The molecule has 1 fully saturated rings. The Hall–Kier alpha value is -1.07. The lowest BCUT2D eigenvalue weighted by Crippen LogP contribution is -2.37. The van der Waals surface area contributed by atoms with E-state index < -0.39 is 6.09 Å². The van der Waals surface area contributed by atoms with E-state index in [0.717, 1.165) is 39.3 Å². The van der Waals surface area contributed by atoms with Crippen LogP contribution in [0.1, 0.15) is 33.1 Å². The van der Waals surface area contributed by atoms with Gasteiger partial charge in [-0.1, -0.05) is 6.58 Å². The van der Waals surface area contributed by atoms with Crippen molar-refractivity contribution in [1.82, 2.24) is 10.2 Å². The van der Waals surface area contributed by atoms with Crippen molar-refractivity contribution in [3.63, 3.8) is 0 Å². The molecule has 1 saturated heterocycles. The summed E-state index contributed by atoms with van der Waals surface area (Å²) in [6, 6.07) is 0. The molecule has 0 unspecified atom stereocenters. The van der Waals surface area contributed by atoms with E-state index >= 15 is 0 Å². The second-order valence-corrected chi connectivity index (χ2v) is 5.29. The van der Waals surface area contributed by atoms with Crippen LogP contribution in [0.4, 0.5) is 4.79 Å². The van der Waals surface area contributed by atoms with Crippen LogP contribution in [-0.4, -0.2) is 50.4 Å². The Morgan fingerprint density at radius 3 is 2.70 bits per heavy atom. The summed E-state index contributed by atoms with van der Waals surface area (Å²) in [6.45, 7) is 12.8. The standard InChI is InChI=1S/C15H28N2O3/c1-4-19-12-11-17-9-6-14(7-10-17)5-8-16-15(18)20-13(2)3/h14H,2,4-12H2,1,3H3,(H,16,18). The average molecular weight is 284 g/mol. The molecule has 116 valence electrons. The first-order valence-corrected chi connectivity index (χ1v) is 7.53. The smallest absolute Gasteiger partial charge is 0.412 e. The van der Waals surface area contributed by atoms with Gasteiger partial charge in [-0.2, -0.15) is 0 Å². The van der Waals surface area contributed by atoms with Crippen LogP contribution in [0.25, 0.3) is 0 Å². The molecule has 1 amide bonds. The SMILES string of the molecule is C=C(C)OC(=O)NCCC1CCN(CCOCC)CC1. The van der Waals surface area contributed by atoms with Gasteiger partial charge < -0.3 is 19.7 Å². The number of nitrogens with one attached hydrogen (secondary N) is 1. The molecule has 0 aromatic heterocycles. The molecule has 20 heavy (non-hydrogen) atoms. The maximum absolute atomic E-state index is 11.3. The maximum Gasteiger partial charge on any atom is 0.412 e. The van der Waals surface area contributed by atoms with Crippen LogP contribution in [0.3, 0.4) is 0 Å². The summed E-state index contributed by atoms with van der Waals surface area (Å²) in [7, 11) is 0. The van der Waals surface area contributed by atoms with Gasteiger partial charge in [-0.3, -0.25) is 0 Å². The van der Waals surface area contributed by atoms with Crippen molar-refractivity contribution < 1.29 is 14.3 Å². The third-order valence-electron chi connectivity index (χ3n) is 3.55. The maximum atomic E-state index is 11.3. The lowest BCUT2D eigenvalue weighted by atomic mass is 9.93. The van der Waals surface area contributed by atoms with E-state index in [1.54, 1.807) is 6.92 Å². The molecule has 0 spiro atoms. The first-order chi connectivity index (χ1) is 9.61. The van der Waals surface area contributed by atoms with Crippen LogP contribution in [0.15, 0.2) is 12.3 Å². The fraction of sp³-hybridized carbons (Fsp3) is 0.800. The van der Waals surface area contributed by atoms with E-state index in [9.17, 15) is 4.79 Å². The van der Waals surface area contributed by atoms with E-state index in [0.29, 0.717) is 18.2 Å². The molecule has 0 radical (unpaired) electrons. The van der Waals surface area contributed by atoms with Gasteiger partial charge in [-0.25, -0.2) is 4.79 Å². The number of hydrogen-bond acceptors (Lipinski definition) is 4. The molecule has 0 atom stereocenters. The number of amides is 1. The summed E-state index contributed by atoms with van der Waals surface area (Å²) >= 11 is 0. The van der Waals surface area contributed by atoms with Crippen LogP contribution in [-0.2, 0) is 9.47 Å². The molecule has 0 aliphatic carbocycles. The number of carbonyl (C=O) groups is 1. The Kier molecular flexibility index (Phi) is 8.30. The Morgan fingerprint density at radius 1 is 1.40 bits per heavy atom. The molecule has 1 aliphatic rings. The number of ether oxygens (including phenoxy) is 2. The number of hydrogen-bond donors (Lipinski definition) is 1. The minimum Gasteiger partial charge on any atom is -0.416 e. The van der Waals surface area contributed by atoms with Gasteiger partial charge in [0.15, 0.2) is 0 Å². The molecular formula is C15H28N2O3. The molecular weight excluding hydrogens is 256 g/mol. The summed E-state index contributed by atoms with van der Waals surface area (Å²) in [4.78, 5) is 13.7. The van der Waals surface area contributed by atoms with Gasteiger partial charge in [0, 0.05) is 19.7 Å². The summed E-state index contributed by atoms with van der Waals surface area (Å²) < 4.78 is 10.2. The zero-order valence-corrected chi connectivity index (χ0v) is 12.8. The molecule has 1 aliphatic heterocycles. The van der Waals surface area contributed by atoms with Crippen LogP contribution in [0, 0.1) is 5.92 Å². The molecule has 5 heteroatoms. The normalized spacial score (nSPS) is 16.9. The average Bonchev–Trinajstić information content (AvgIpc) is 2.40. The molecule has 0 bridgehead atoms. The third-order valence-corrected chi connectivity index (χ3v) is 3.55. The van der Waals surface area contributed by atoms with Gasteiger partial charge in [0.1, 0.15) is 0 Å². The first-order valence-electron chi connectivity index (χ1n) is 7.53. The molecule has 5 nitrogen and oxygen atoms in total. The second kappa shape index (κ2) is 9.77. The van der Waals surface area contributed by atoms with Crippen molar-refractivity contribution in [3.8, 4) is 0 Å².